The zero-order chi connectivity index (χ0) is 9.97. The molecule has 0 amide bonds. The van der Waals surface area contributed by atoms with Gasteiger partial charge in [-0.2, -0.15) is 0 Å². The van der Waals surface area contributed by atoms with Crippen molar-refractivity contribution in [1.82, 2.24) is 4.98 Å². The number of anilines is 2. The van der Waals surface area contributed by atoms with E-state index >= 15 is 0 Å². The van der Waals surface area contributed by atoms with Gasteiger partial charge in [0.25, 0.3) is 0 Å². The summed E-state index contributed by atoms with van der Waals surface area (Å²) in [5.74, 6) is 0.708. The Morgan fingerprint density at radius 1 is 1.50 bits per heavy atom. The highest BCUT2D eigenvalue weighted by molar-refractivity contribution is 5.62. The Kier molecular flexibility index (Phi) is 2.54. The summed E-state index contributed by atoms with van der Waals surface area (Å²) in [6.07, 6.45) is 4.24. The van der Waals surface area contributed by atoms with Crippen molar-refractivity contribution < 1.29 is 5.11 Å². The van der Waals surface area contributed by atoms with E-state index in [0.29, 0.717) is 11.5 Å². The predicted octanol–water partition coefficient (Wildman–Crippen LogP) is 0.972. The van der Waals surface area contributed by atoms with Crippen LogP contribution in [0.4, 0.5) is 11.5 Å². The number of rotatable bonds is 1. The van der Waals surface area contributed by atoms with Gasteiger partial charge >= 0.3 is 0 Å². The van der Waals surface area contributed by atoms with Gasteiger partial charge in [-0.3, -0.25) is 0 Å². The second kappa shape index (κ2) is 3.84. The first kappa shape index (κ1) is 9.27. The molecule has 0 saturated carbocycles. The Balaban J connectivity index is 2.25. The monoisotopic (exact) mass is 193 g/mol. The van der Waals surface area contributed by atoms with Crippen LogP contribution in [0.2, 0.25) is 0 Å². The van der Waals surface area contributed by atoms with Crippen LogP contribution < -0.4 is 10.6 Å². The molecule has 1 atom stereocenters. The molecule has 3 N–H and O–H groups in total. The number of hydrogen-bond donors (Lipinski definition) is 2. The average molecular weight is 193 g/mol. The van der Waals surface area contributed by atoms with Gasteiger partial charge in [0.2, 0.25) is 0 Å². The molecule has 0 spiro atoms. The predicted molar refractivity (Wildman–Crippen MR) is 55.9 cm³/mol. The number of nitrogens with two attached hydrogens (primary N) is 1. The van der Waals surface area contributed by atoms with Gasteiger partial charge in [-0.25, -0.2) is 4.98 Å². The fourth-order valence-corrected chi connectivity index (χ4v) is 1.81. The normalized spacial score (nSPS) is 22.4. The minimum absolute atomic E-state index is 0.430. The van der Waals surface area contributed by atoms with Crippen LogP contribution in [0.5, 0.6) is 0 Å². The highest BCUT2D eigenvalue weighted by Gasteiger charge is 2.22. The standard InChI is InChI=1S/C10H15N3O/c11-8-4-3-6-12-10(8)13-7-2-1-5-9(13)14/h3-4,6,9,14H,1-2,5,7,11H2. The average Bonchev–Trinajstić information content (AvgIpc) is 2.20. The van der Waals surface area contributed by atoms with Crippen molar-refractivity contribution in [1.29, 1.82) is 0 Å². The van der Waals surface area contributed by atoms with E-state index < -0.39 is 6.23 Å². The van der Waals surface area contributed by atoms with Crippen molar-refractivity contribution in [3.05, 3.63) is 18.3 Å². The molecule has 0 bridgehead atoms. The fraction of sp³-hybridized carbons (Fsp3) is 0.500. The first-order valence-electron chi connectivity index (χ1n) is 4.94. The summed E-state index contributed by atoms with van der Waals surface area (Å²) in [5, 5.41) is 9.78. The molecule has 2 rings (SSSR count). The molecule has 76 valence electrons. The third-order valence-corrected chi connectivity index (χ3v) is 2.56. The lowest BCUT2D eigenvalue weighted by Crippen LogP contribution is -2.40. The van der Waals surface area contributed by atoms with Gasteiger partial charge in [-0.1, -0.05) is 0 Å². The third kappa shape index (κ3) is 1.65. The van der Waals surface area contributed by atoms with Crippen molar-refractivity contribution in [3.8, 4) is 0 Å². The van der Waals surface area contributed by atoms with Crippen LogP contribution in [0.1, 0.15) is 19.3 Å². The van der Waals surface area contributed by atoms with Crippen molar-refractivity contribution >= 4 is 11.5 Å². The number of pyridine rings is 1. The van der Waals surface area contributed by atoms with Crippen LogP contribution in [0.15, 0.2) is 18.3 Å². The van der Waals surface area contributed by atoms with Crippen LogP contribution in [0.3, 0.4) is 0 Å². The maximum absolute atomic E-state index is 9.78. The first-order valence-corrected chi connectivity index (χ1v) is 4.94. The van der Waals surface area contributed by atoms with E-state index in [4.69, 9.17) is 5.73 Å². The van der Waals surface area contributed by atoms with E-state index in [2.05, 4.69) is 4.98 Å². The smallest absolute Gasteiger partial charge is 0.153 e. The molecule has 4 nitrogen and oxygen atoms in total. The summed E-state index contributed by atoms with van der Waals surface area (Å²) in [4.78, 5) is 6.07. The lowest BCUT2D eigenvalue weighted by molar-refractivity contribution is 0.139. The van der Waals surface area contributed by atoms with Gasteiger partial charge in [0.15, 0.2) is 5.82 Å². The van der Waals surface area contributed by atoms with Crippen molar-refractivity contribution in [2.45, 2.75) is 25.5 Å². The summed E-state index contributed by atoms with van der Waals surface area (Å²) in [6, 6.07) is 3.61. The topological polar surface area (TPSA) is 62.4 Å². The highest BCUT2D eigenvalue weighted by Crippen LogP contribution is 2.25. The molecular formula is C10H15N3O. The number of piperidine rings is 1. The molecule has 1 aromatic heterocycles. The molecule has 0 aromatic carbocycles. The van der Waals surface area contributed by atoms with Gasteiger partial charge in [0.05, 0.1) is 5.69 Å². The van der Waals surface area contributed by atoms with Gasteiger partial charge < -0.3 is 15.7 Å². The molecule has 1 unspecified atom stereocenters. The van der Waals surface area contributed by atoms with E-state index in [-0.39, 0.29) is 0 Å². The summed E-state index contributed by atoms with van der Waals surface area (Å²) >= 11 is 0. The summed E-state index contributed by atoms with van der Waals surface area (Å²) in [7, 11) is 0. The van der Waals surface area contributed by atoms with Gasteiger partial charge in [0.1, 0.15) is 6.23 Å². The van der Waals surface area contributed by atoms with Crippen LogP contribution in [-0.2, 0) is 0 Å². The van der Waals surface area contributed by atoms with Gasteiger partial charge in [0, 0.05) is 12.7 Å². The van der Waals surface area contributed by atoms with Crippen LogP contribution in [-0.4, -0.2) is 22.9 Å². The van der Waals surface area contributed by atoms with Crippen LogP contribution >= 0.6 is 0 Å². The van der Waals surface area contributed by atoms with E-state index in [1.54, 1.807) is 12.3 Å². The Bertz CT molecular complexity index is 316. The highest BCUT2D eigenvalue weighted by atomic mass is 16.3. The third-order valence-electron chi connectivity index (χ3n) is 2.56. The van der Waals surface area contributed by atoms with Gasteiger partial charge in [-0.05, 0) is 31.4 Å². The summed E-state index contributed by atoms with van der Waals surface area (Å²) < 4.78 is 0. The number of nitrogens with zero attached hydrogens (tertiary/aromatic N) is 2. The molecule has 1 aromatic rings. The van der Waals surface area contributed by atoms with E-state index in [0.717, 1.165) is 25.8 Å². The summed E-state index contributed by atoms with van der Waals surface area (Å²) in [5.41, 5.74) is 6.43. The number of hydrogen-bond acceptors (Lipinski definition) is 4. The SMILES string of the molecule is Nc1cccnc1N1CCCCC1O. The molecule has 2 heterocycles. The Hall–Kier alpha value is -1.29. The largest absolute Gasteiger partial charge is 0.396 e. The van der Waals surface area contributed by atoms with E-state index in [1.807, 2.05) is 11.0 Å². The number of aliphatic hydroxyl groups excluding tert-OH is 1. The molecule has 1 fully saturated rings. The first-order chi connectivity index (χ1) is 6.79. The summed E-state index contributed by atoms with van der Waals surface area (Å²) in [6.45, 7) is 0.836. The fourth-order valence-electron chi connectivity index (χ4n) is 1.81. The molecule has 1 saturated heterocycles. The second-order valence-corrected chi connectivity index (χ2v) is 3.59. The van der Waals surface area contributed by atoms with E-state index in [9.17, 15) is 5.11 Å². The Labute approximate surface area is 83.4 Å². The van der Waals surface area contributed by atoms with Crippen LogP contribution in [0.25, 0.3) is 0 Å². The molecule has 1 aliphatic heterocycles. The lowest BCUT2D eigenvalue weighted by Gasteiger charge is -2.33. The van der Waals surface area contributed by atoms with Crippen molar-refractivity contribution in [2.75, 3.05) is 17.2 Å². The number of nitrogen functional groups attached to an aromatic ring is 1. The molecule has 0 aliphatic carbocycles. The molecule has 4 heteroatoms. The minimum atomic E-state index is -0.430. The van der Waals surface area contributed by atoms with Crippen LogP contribution in [0, 0.1) is 0 Å². The number of aromatic nitrogens is 1. The van der Waals surface area contributed by atoms with Crippen molar-refractivity contribution in [3.63, 3.8) is 0 Å². The lowest BCUT2D eigenvalue weighted by atomic mass is 10.1. The quantitative estimate of drug-likeness (QED) is 0.697. The molecule has 1 aliphatic rings. The minimum Gasteiger partial charge on any atom is -0.396 e. The Morgan fingerprint density at radius 2 is 2.36 bits per heavy atom. The van der Waals surface area contributed by atoms with E-state index in [1.165, 1.54) is 0 Å². The zero-order valence-electron chi connectivity index (χ0n) is 8.06. The maximum atomic E-state index is 9.78. The van der Waals surface area contributed by atoms with Crippen molar-refractivity contribution in [2.24, 2.45) is 0 Å². The maximum Gasteiger partial charge on any atom is 0.153 e. The molecule has 0 radical (unpaired) electrons. The number of aliphatic hydroxyl groups is 1. The van der Waals surface area contributed by atoms with Gasteiger partial charge in [-0.15, -0.1) is 0 Å². The second-order valence-electron chi connectivity index (χ2n) is 3.59. The Morgan fingerprint density at radius 3 is 3.07 bits per heavy atom. The zero-order valence-corrected chi connectivity index (χ0v) is 8.06. The molecular weight excluding hydrogens is 178 g/mol. The molecule has 14 heavy (non-hydrogen) atoms.